The van der Waals surface area contributed by atoms with Crippen LogP contribution in [-0.2, 0) is 25.7 Å². The molecule has 0 fully saturated rings. The van der Waals surface area contributed by atoms with E-state index in [9.17, 15) is 0 Å². The van der Waals surface area contributed by atoms with Crippen molar-refractivity contribution in [2.24, 2.45) is 0 Å². The minimum absolute atomic E-state index is 0.846. The second-order valence-electron chi connectivity index (χ2n) is 19.9. The van der Waals surface area contributed by atoms with E-state index in [1.807, 2.05) is 11.3 Å². The Labute approximate surface area is 426 Å². The minimum Gasteiger partial charge on any atom is -0.298 e. The first-order valence-corrected chi connectivity index (χ1v) is 32.0. The van der Waals surface area contributed by atoms with E-state index >= 15 is 0 Å². The molecule has 0 amide bonds. The molecule has 4 aromatic heterocycles. The highest BCUT2D eigenvalue weighted by Crippen LogP contribution is 2.51. The minimum atomic E-state index is 0.846. The van der Waals surface area contributed by atoms with E-state index in [2.05, 4.69) is 99.0 Å². The molecule has 0 aliphatic carbocycles. The number of hydrogen-bond acceptors (Lipinski definition) is 6. The zero-order chi connectivity index (χ0) is 46.6. The highest BCUT2D eigenvalue weighted by Gasteiger charge is 2.25. The molecule has 1 aliphatic rings. The van der Waals surface area contributed by atoms with Crippen LogP contribution in [0.5, 0.6) is 0 Å². The summed E-state index contributed by atoms with van der Waals surface area (Å²) in [6.07, 6.45) is 47.3. The van der Waals surface area contributed by atoms with E-state index in [-0.39, 0.29) is 0 Å². The smallest absolute Gasteiger partial charge is 0.0730 e. The highest BCUT2D eigenvalue weighted by molar-refractivity contribution is 8.22. The lowest BCUT2D eigenvalue weighted by Crippen LogP contribution is -1.87. The van der Waals surface area contributed by atoms with Gasteiger partial charge in [0.1, 0.15) is 0 Å². The van der Waals surface area contributed by atoms with Crippen LogP contribution in [0, 0.1) is 5.41 Å². The lowest BCUT2D eigenvalue weighted by molar-refractivity contribution is 0.606. The number of thioether (sulfide) groups is 1. The standard InChI is InChI=1S/C60H93NS5/c1-6-11-16-21-26-31-36-47-43-51(40-35-30-25-20-15-10-5)62-59(47)54-44-48(37-32-27-22-17-12-7-2)57(64-54)52-41-42-53(63-52)58-49(38-33-28-23-18-13-8-3)45-55(65-58)60-50(46-56(61)66-60)39-34-29-24-19-14-9-4/h41-45,61H,6-40,46H2,1-5H3. The number of allylic oxidation sites excluding steroid dienone is 1. The van der Waals surface area contributed by atoms with Crippen molar-refractivity contribution in [3.05, 3.63) is 62.3 Å². The molecule has 1 nitrogen and oxygen atoms in total. The van der Waals surface area contributed by atoms with Crippen molar-refractivity contribution < 1.29 is 0 Å². The summed E-state index contributed by atoms with van der Waals surface area (Å²) < 4.78 is 0. The number of unbranched alkanes of at least 4 members (excludes halogenated alkanes) is 25. The molecule has 6 heteroatoms. The van der Waals surface area contributed by atoms with Crippen molar-refractivity contribution in [2.45, 2.75) is 266 Å². The molecule has 0 bridgehead atoms. The van der Waals surface area contributed by atoms with Gasteiger partial charge in [-0.05, 0) is 117 Å². The zero-order valence-electron chi connectivity index (χ0n) is 42.9. The monoisotopic (exact) mass is 988 g/mol. The van der Waals surface area contributed by atoms with E-state index in [0.29, 0.717) is 0 Å². The Morgan fingerprint density at radius 2 is 0.727 bits per heavy atom. The first kappa shape index (κ1) is 55.5. The molecular formula is C60H93NS5. The third-order valence-corrected chi connectivity index (χ3v) is 20.4. The third kappa shape index (κ3) is 19.0. The Balaban J connectivity index is 1.44. The molecule has 0 radical (unpaired) electrons. The largest absolute Gasteiger partial charge is 0.298 e. The highest BCUT2D eigenvalue weighted by atomic mass is 32.2. The summed E-state index contributed by atoms with van der Waals surface area (Å²) in [6.45, 7) is 11.6. The predicted octanol–water partition coefficient (Wildman–Crippen LogP) is 23.1. The van der Waals surface area contributed by atoms with Crippen LogP contribution in [0.1, 0.15) is 267 Å². The summed E-state index contributed by atoms with van der Waals surface area (Å²) >= 11 is 10.1. The Kier molecular flexibility index (Phi) is 27.9. The van der Waals surface area contributed by atoms with Crippen molar-refractivity contribution in [3.63, 3.8) is 0 Å². The maximum absolute atomic E-state index is 8.79. The Bertz CT molecular complexity index is 1950. The van der Waals surface area contributed by atoms with Gasteiger partial charge < -0.3 is 0 Å². The van der Waals surface area contributed by atoms with Gasteiger partial charge >= 0.3 is 0 Å². The second kappa shape index (κ2) is 33.2. The molecule has 5 heterocycles. The first-order chi connectivity index (χ1) is 32.5. The van der Waals surface area contributed by atoms with Crippen LogP contribution in [0.4, 0.5) is 0 Å². The maximum atomic E-state index is 8.79. The van der Waals surface area contributed by atoms with Gasteiger partial charge in [-0.2, -0.15) is 0 Å². The molecule has 66 heavy (non-hydrogen) atoms. The molecular weight excluding hydrogens is 895 g/mol. The second-order valence-corrected chi connectivity index (χ2v) is 25.3. The van der Waals surface area contributed by atoms with Gasteiger partial charge in [0.2, 0.25) is 0 Å². The van der Waals surface area contributed by atoms with E-state index < -0.39 is 0 Å². The molecule has 0 unspecified atom stereocenters. The van der Waals surface area contributed by atoms with E-state index in [4.69, 9.17) is 5.41 Å². The van der Waals surface area contributed by atoms with Gasteiger partial charge in [-0.1, -0.05) is 207 Å². The van der Waals surface area contributed by atoms with Gasteiger partial charge in [-0.25, -0.2) is 0 Å². The lowest BCUT2D eigenvalue weighted by atomic mass is 10.0. The molecule has 0 saturated heterocycles. The summed E-state index contributed by atoms with van der Waals surface area (Å²) in [5, 5.41) is 9.63. The first-order valence-electron chi connectivity index (χ1n) is 27.9. The molecule has 368 valence electrons. The topological polar surface area (TPSA) is 23.9 Å². The number of rotatable bonds is 39. The van der Waals surface area contributed by atoms with Crippen LogP contribution < -0.4 is 0 Å². The van der Waals surface area contributed by atoms with Gasteiger partial charge in [0.25, 0.3) is 0 Å². The Morgan fingerprint density at radius 1 is 0.364 bits per heavy atom. The zero-order valence-corrected chi connectivity index (χ0v) is 47.0. The number of hydrogen-bond donors (Lipinski definition) is 1. The summed E-state index contributed by atoms with van der Waals surface area (Å²) in [5.41, 5.74) is 6.33. The number of thiophene rings is 4. The van der Waals surface area contributed by atoms with E-state index in [1.165, 1.54) is 253 Å². The maximum Gasteiger partial charge on any atom is 0.0730 e. The lowest BCUT2D eigenvalue weighted by Gasteiger charge is -2.05. The van der Waals surface area contributed by atoms with Crippen LogP contribution in [0.25, 0.3) is 34.2 Å². The summed E-state index contributed by atoms with van der Waals surface area (Å²) in [4.78, 5) is 13.6. The van der Waals surface area contributed by atoms with Gasteiger partial charge in [0.05, 0.1) is 5.04 Å². The van der Waals surface area contributed by atoms with Crippen molar-refractivity contribution in [1.82, 2.24) is 0 Å². The molecule has 4 aromatic rings. The predicted molar refractivity (Wildman–Crippen MR) is 307 cm³/mol. The molecule has 0 saturated carbocycles. The Hall–Kier alpha value is -1.44. The van der Waals surface area contributed by atoms with Crippen molar-refractivity contribution in [3.8, 4) is 29.3 Å². The summed E-state index contributed by atoms with van der Waals surface area (Å²) in [5.74, 6) is 0. The average Bonchev–Trinajstić information content (AvgIpc) is 4.18. The molecule has 1 N–H and O–H groups in total. The van der Waals surface area contributed by atoms with Crippen LogP contribution in [0.2, 0.25) is 0 Å². The number of aryl methyl sites for hydroxylation is 4. The summed E-state index contributed by atoms with van der Waals surface area (Å²) in [6, 6.07) is 12.9. The van der Waals surface area contributed by atoms with Crippen molar-refractivity contribution in [1.29, 1.82) is 5.41 Å². The van der Waals surface area contributed by atoms with E-state index in [1.54, 1.807) is 43.1 Å². The van der Waals surface area contributed by atoms with Gasteiger partial charge in [0, 0.05) is 50.3 Å². The molecule has 1 aliphatic heterocycles. The summed E-state index contributed by atoms with van der Waals surface area (Å²) in [7, 11) is 0. The molecule has 0 spiro atoms. The van der Waals surface area contributed by atoms with Crippen LogP contribution >= 0.6 is 57.1 Å². The van der Waals surface area contributed by atoms with Crippen molar-refractivity contribution >= 4 is 67.1 Å². The molecule has 0 atom stereocenters. The SMILES string of the molecule is CCCCCCCCC1=C(c2cc(CCCCCCCC)c(-c3ccc(-c4sc(-c5sc(CCCCCCCC)cc5CCCCCCCC)cc4CCCCCCCC)s3)s2)SC(=N)C1. The van der Waals surface area contributed by atoms with Crippen molar-refractivity contribution in [2.75, 3.05) is 0 Å². The Morgan fingerprint density at radius 3 is 1.20 bits per heavy atom. The quantitative estimate of drug-likeness (QED) is 0.0443. The third-order valence-electron chi connectivity index (χ3n) is 13.9. The van der Waals surface area contributed by atoms with Gasteiger partial charge in [-0.15, -0.1) is 45.3 Å². The molecule has 5 rings (SSSR count). The molecule has 0 aromatic carbocycles. The normalized spacial score (nSPS) is 13.1. The van der Waals surface area contributed by atoms with Gasteiger partial charge in [0.15, 0.2) is 0 Å². The van der Waals surface area contributed by atoms with E-state index in [0.717, 1.165) is 17.9 Å². The average molecular weight is 989 g/mol. The fourth-order valence-electron chi connectivity index (χ4n) is 9.87. The van der Waals surface area contributed by atoms with Crippen LogP contribution in [0.3, 0.4) is 0 Å². The van der Waals surface area contributed by atoms with Crippen LogP contribution in [0.15, 0.2) is 35.9 Å². The fourth-order valence-corrected chi connectivity index (χ4v) is 16.2. The van der Waals surface area contributed by atoms with Crippen LogP contribution in [-0.4, -0.2) is 5.04 Å². The van der Waals surface area contributed by atoms with Gasteiger partial charge in [-0.3, -0.25) is 5.41 Å². The number of nitrogens with one attached hydrogen (secondary N) is 1. The fraction of sp³-hybridized carbons (Fsp3) is 0.683.